The van der Waals surface area contributed by atoms with Crippen LogP contribution in [0.4, 0.5) is 13.2 Å². The third kappa shape index (κ3) is 4.68. The zero-order chi connectivity index (χ0) is 17.9. The van der Waals surface area contributed by atoms with Crippen molar-refractivity contribution in [3.8, 4) is 0 Å². The highest BCUT2D eigenvalue weighted by molar-refractivity contribution is 5.94. The molecule has 0 radical (unpaired) electrons. The zero-order valence-corrected chi connectivity index (χ0v) is 13.8. The standard InChI is InChI=1S/C16H22F3N3O2/c1-20-3-5-22(6-4-20)10-11(23)9-21(2)16(24)12-7-14(18)15(19)8-13(12)17/h7-8,11,23H,3-6,9-10H2,1-2H3. The molecule has 0 bridgehead atoms. The first-order valence-electron chi connectivity index (χ1n) is 7.77. The van der Waals surface area contributed by atoms with Gasteiger partial charge in [0.05, 0.1) is 11.7 Å². The maximum Gasteiger partial charge on any atom is 0.256 e. The van der Waals surface area contributed by atoms with E-state index in [2.05, 4.69) is 9.80 Å². The summed E-state index contributed by atoms with van der Waals surface area (Å²) in [6, 6.07) is 0.882. The summed E-state index contributed by atoms with van der Waals surface area (Å²) in [7, 11) is 3.41. The van der Waals surface area contributed by atoms with Gasteiger partial charge in [-0.05, 0) is 13.1 Å². The molecule has 1 amide bonds. The highest BCUT2D eigenvalue weighted by atomic mass is 19.2. The fourth-order valence-electron chi connectivity index (χ4n) is 2.68. The number of amides is 1. The third-order valence-corrected chi connectivity index (χ3v) is 4.14. The van der Waals surface area contributed by atoms with Crippen LogP contribution in [-0.4, -0.2) is 85.2 Å². The molecule has 1 fully saturated rings. The Bertz CT molecular complexity index is 592. The molecule has 0 spiro atoms. The Morgan fingerprint density at radius 2 is 1.75 bits per heavy atom. The number of carbonyl (C=O) groups excluding carboxylic acids is 1. The molecule has 8 heteroatoms. The highest BCUT2D eigenvalue weighted by Crippen LogP contribution is 2.15. The molecule has 1 atom stereocenters. The fraction of sp³-hybridized carbons (Fsp3) is 0.562. The van der Waals surface area contributed by atoms with E-state index in [1.165, 1.54) is 7.05 Å². The van der Waals surface area contributed by atoms with Gasteiger partial charge in [-0.2, -0.15) is 0 Å². The zero-order valence-electron chi connectivity index (χ0n) is 13.8. The summed E-state index contributed by atoms with van der Waals surface area (Å²) >= 11 is 0. The summed E-state index contributed by atoms with van der Waals surface area (Å²) in [5.74, 6) is -4.56. The van der Waals surface area contributed by atoms with E-state index in [4.69, 9.17) is 0 Å². The second-order valence-corrected chi connectivity index (χ2v) is 6.19. The molecule has 1 aromatic rings. The van der Waals surface area contributed by atoms with Gasteiger partial charge in [-0.1, -0.05) is 0 Å². The highest BCUT2D eigenvalue weighted by Gasteiger charge is 2.23. The van der Waals surface area contributed by atoms with E-state index in [1.54, 1.807) is 0 Å². The lowest BCUT2D eigenvalue weighted by Crippen LogP contribution is -2.49. The van der Waals surface area contributed by atoms with Crippen molar-refractivity contribution in [3.05, 3.63) is 35.1 Å². The number of aliphatic hydroxyl groups is 1. The van der Waals surface area contributed by atoms with Crippen molar-refractivity contribution < 1.29 is 23.1 Å². The van der Waals surface area contributed by atoms with Crippen LogP contribution in [0.3, 0.4) is 0 Å². The van der Waals surface area contributed by atoms with Crippen molar-refractivity contribution in [2.24, 2.45) is 0 Å². The van der Waals surface area contributed by atoms with Crippen LogP contribution in [0.25, 0.3) is 0 Å². The number of carbonyl (C=O) groups is 1. The topological polar surface area (TPSA) is 47.0 Å². The minimum atomic E-state index is -1.35. The smallest absolute Gasteiger partial charge is 0.256 e. The van der Waals surface area contributed by atoms with Crippen LogP contribution in [-0.2, 0) is 0 Å². The van der Waals surface area contributed by atoms with Crippen molar-refractivity contribution in [1.29, 1.82) is 0 Å². The molecular formula is C16H22F3N3O2. The summed E-state index contributed by atoms with van der Waals surface area (Å²) in [5.41, 5.74) is -0.553. The van der Waals surface area contributed by atoms with Crippen LogP contribution >= 0.6 is 0 Å². The molecule has 1 aromatic carbocycles. The average molecular weight is 345 g/mol. The number of hydrogen-bond acceptors (Lipinski definition) is 4. The van der Waals surface area contributed by atoms with E-state index in [-0.39, 0.29) is 6.54 Å². The van der Waals surface area contributed by atoms with Crippen LogP contribution in [0, 0.1) is 17.5 Å². The summed E-state index contributed by atoms with van der Waals surface area (Å²) in [6.07, 6.45) is -0.810. The van der Waals surface area contributed by atoms with Gasteiger partial charge in [-0.3, -0.25) is 9.69 Å². The maximum absolute atomic E-state index is 13.7. The quantitative estimate of drug-likeness (QED) is 0.802. The molecule has 0 aliphatic carbocycles. The molecule has 1 N–H and O–H groups in total. The van der Waals surface area contributed by atoms with Crippen molar-refractivity contribution in [2.75, 3.05) is 53.4 Å². The van der Waals surface area contributed by atoms with Crippen LogP contribution < -0.4 is 0 Å². The lowest BCUT2D eigenvalue weighted by Gasteiger charge is -2.34. The molecule has 5 nitrogen and oxygen atoms in total. The van der Waals surface area contributed by atoms with Gasteiger partial charge in [0.1, 0.15) is 5.82 Å². The largest absolute Gasteiger partial charge is 0.390 e. The van der Waals surface area contributed by atoms with Crippen LogP contribution in [0.2, 0.25) is 0 Å². The molecular weight excluding hydrogens is 323 g/mol. The van der Waals surface area contributed by atoms with Gasteiger partial charge in [0.2, 0.25) is 0 Å². The number of piperazine rings is 1. The number of benzene rings is 1. The van der Waals surface area contributed by atoms with Crippen LogP contribution in [0.15, 0.2) is 12.1 Å². The van der Waals surface area contributed by atoms with Gasteiger partial charge >= 0.3 is 0 Å². The second kappa shape index (κ2) is 7.96. The molecule has 0 saturated carbocycles. The Labute approximate surface area is 139 Å². The Morgan fingerprint density at radius 3 is 2.38 bits per heavy atom. The number of rotatable bonds is 5. The Kier molecular flexibility index (Phi) is 6.20. The van der Waals surface area contributed by atoms with E-state index in [0.717, 1.165) is 31.1 Å². The SMILES string of the molecule is CN1CCN(CC(O)CN(C)C(=O)c2cc(F)c(F)cc2F)CC1. The Hall–Kier alpha value is -1.64. The van der Waals surface area contributed by atoms with E-state index >= 15 is 0 Å². The lowest BCUT2D eigenvalue weighted by molar-refractivity contribution is 0.0499. The fourth-order valence-corrected chi connectivity index (χ4v) is 2.68. The second-order valence-electron chi connectivity index (χ2n) is 6.19. The predicted octanol–water partition coefficient (Wildman–Crippen LogP) is 0.784. The van der Waals surface area contributed by atoms with E-state index in [1.807, 2.05) is 7.05 Å². The van der Waals surface area contributed by atoms with Crippen molar-refractivity contribution in [2.45, 2.75) is 6.10 Å². The van der Waals surface area contributed by atoms with Crippen molar-refractivity contribution >= 4 is 5.91 Å². The van der Waals surface area contributed by atoms with Gasteiger partial charge in [-0.15, -0.1) is 0 Å². The number of nitrogens with zero attached hydrogens (tertiary/aromatic N) is 3. The monoisotopic (exact) mass is 345 g/mol. The molecule has 1 saturated heterocycles. The molecule has 1 unspecified atom stereocenters. The first kappa shape index (κ1) is 18.7. The summed E-state index contributed by atoms with van der Waals surface area (Å²) < 4.78 is 39.8. The normalized spacial score (nSPS) is 17.8. The minimum Gasteiger partial charge on any atom is -0.390 e. The molecule has 134 valence electrons. The van der Waals surface area contributed by atoms with Crippen molar-refractivity contribution in [3.63, 3.8) is 0 Å². The average Bonchev–Trinajstić information content (AvgIpc) is 2.52. The number of hydrogen-bond donors (Lipinski definition) is 1. The first-order valence-corrected chi connectivity index (χ1v) is 7.77. The van der Waals surface area contributed by atoms with E-state index in [0.29, 0.717) is 18.7 Å². The molecule has 1 aliphatic heterocycles. The Balaban J connectivity index is 1.92. The maximum atomic E-state index is 13.7. The van der Waals surface area contributed by atoms with E-state index in [9.17, 15) is 23.1 Å². The number of β-amino-alcohol motifs (C(OH)–C–C–N with tert-alkyl or cyclic N) is 1. The Morgan fingerprint density at radius 1 is 1.17 bits per heavy atom. The summed E-state index contributed by atoms with van der Waals surface area (Å²) in [4.78, 5) is 17.5. The van der Waals surface area contributed by atoms with Crippen LogP contribution in [0.5, 0.6) is 0 Å². The number of likely N-dealkylation sites (N-methyl/N-ethyl adjacent to an activating group) is 2. The number of halogens is 3. The number of aliphatic hydroxyl groups excluding tert-OH is 1. The van der Waals surface area contributed by atoms with Crippen molar-refractivity contribution in [1.82, 2.24) is 14.7 Å². The lowest BCUT2D eigenvalue weighted by atomic mass is 10.1. The first-order chi connectivity index (χ1) is 11.3. The van der Waals surface area contributed by atoms with Gasteiger partial charge in [0.15, 0.2) is 11.6 Å². The summed E-state index contributed by atoms with van der Waals surface area (Å²) in [5, 5.41) is 10.1. The van der Waals surface area contributed by atoms with Gasteiger partial charge in [0, 0.05) is 52.4 Å². The van der Waals surface area contributed by atoms with Gasteiger partial charge in [0.25, 0.3) is 5.91 Å². The van der Waals surface area contributed by atoms with Gasteiger partial charge in [-0.25, -0.2) is 13.2 Å². The molecule has 2 rings (SSSR count). The van der Waals surface area contributed by atoms with Crippen LogP contribution in [0.1, 0.15) is 10.4 Å². The predicted molar refractivity (Wildman–Crippen MR) is 83.2 cm³/mol. The third-order valence-electron chi connectivity index (χ3n) is 4.14. The minimum absolute atomic E-state index is 0.0242. The van der Waals surface area contributed by atoms with Gasteiger partial charge < -0.3 is 14.9 Å². The molecule has 24 heavy (non-hydrogen) atoms. The molecule has 0 aromatic heterocycles. The molecule has 1 aliphatic rings. The van der Waals surface area contributed by atoms with E-state index < -0.39 is 35.0 Å². The molecule has 1 heterocycles. The summed E-state index contributed by atoms with van der Waals surface area (Å²) in [6.45, 7) is 3.82.